The first kappa shape index (κ1) is 87.0. The van der Waals surface area contributed by atoms with E-state index in [1.54, 1.807) is 36.4 Å². The summed E-state index contributed by atoms with van der Waals surface area (Å²) >= 11 is 7.18. The van der Waals surface area contributed by atoms with Crippen LogP contribution in [0.25, 0.3) is 23.3 Å². The maximum Gasteiger partial charge on any atom is 0.248 e. The molecule has 11 bridgehead atoms. The maximum atomic E-state index is 16.3. The highest BCUT2D eigenvalue weighted by molar-refractivity contribution is 6.32. The fourth-order valence-corrected chi connectivity index (χ4v) is 14.7. The van der Waals surface area contributed by atoms with Crippen molar-refractivity contribution in [3.05, 3.63) is 183 Å². The molecule has 2 fully saturated rings. The van der Waals surface area contributed by atoms with Gasteiger partial charge < -0.3 is 134 Å². The number of phenolic OH excluding ortho intramolecular Hbond substituents is 3. The van der Waals surface area contributed by atoms with Crippen molar-refractivity contribution in [2.45, 2.75) is 156 Å². The molecule has 0 aromatic heterocycles. The Morgan fingerprint density at radius 1 is 0.708 bits per heavy atom. The number of hydrogen-bond donors (Lipinski definition) is 20. The summed E-state index contributed by atoms with van der Waals surface area (Å²) in [5.41, 5.74) is 11.0. The zero-order valence-corrected chi connectivity index (χ0v) is 65.8. The first-order valence-corrected chi connectivity index (χ1v) is 38.4. The largest absolute Gasteiger partial charge is 0.508 e. The number of halogens is 1. The number of nitrogens with two attached hydrogens (primary N) is 2. The third-order valence-electron chi connectivity index (χ3n) is 20.9. The number of phenols is 3. The van der Waals surface area contributed by atoms with Gasteiger partial charge in [0.15, 0.2) is 23.9 Å². The molecule has 7 heterocycles. The van der Waals surface area contributed by atoms with Gasteiger partial charge in [0.05, 0.1) is 42.8 Å². The summed E-state index contributed by atoms with van der Waals surface area (Å²) in [7, 11) is 1.49. The number of primary amides is 1. The number of benzene rings is 7. The molecule has 35 nitrogen and oxygen atoms in total. The van der Waals surface area contributed by atoms with Gasteiger partial charge in [-0.1, -0.05) is 92.1 Å². The van der Waals surface area contributed by atoms with Gasteiger partial charge in [0.25, 0.3) is 0 Å². The Morgan fingerprint density at radius 3 is 1.99 bits per heavy atom. The van der Waals surface area contributed by atoms with Crippen LogP contribution in [-0.4, -0.2) is 198 Å². The SMILES string of the molecule is C#Cc1ccc(/C=C/c2ccc(NC(=O)CNC(=O)C3NC(=O)[C@H]4NC(=O)[C@H](NC(=O)C5NC(=O)[C@H](CC(N)=O)NC(=O)[C@H](NC(=O)[C@@H](CC(C)C)NC)[C@H](O)c6ccc(cc6)Oc6cc5cc(c6O[C@@H]5O[C@H](CO)[C@@H](O)[C@H](O)[C@H]5OC5C[C@](C)(N)[C@H](O)[C@H](C)O5)Oc5ccc(cc5Cl)[C@H]4O)c4ccc(O)c(c4)-c4c(O)cc(O)cc43)cc2)cc1. The Morgan fingerprint density at radius 2 is 1.35 bits per heavy atom. The van der Waals surface area contributed by atoms with Crippen molar-refractivity contribution in [1.82, 2.24) is 42.5 Å². The molecule has 0 saturated carbocycles. The molecule has 0 spiro atoms. The van der Waals surface area contributed by atoms with E-state index in [4.69, 9.17) is 57.9 Å². The minimum Gasteiger partial charge on any atom is -0.508 e. The van der Waals surface area contributed by atoms with Gasteiger partial charge in [-0.15, -0.1) is 6.42 Å². The number of aliphatic hydroxyl groups is 6. The van der Waals surface area contributed by atoms with Crippen LogP contribution in [0.5, 0.6) is 46.0 Å². The van der Waals surface area contributed by atoms with Crippen molar-refractivity contribution >= 4 is 82.6 Å². The number of rotatable bonds is 18. The zero-order chi connectivity index (χ0) is 86.5. The Hall–Kier alpha value is -12.3. The van der Waals surface area contributed by atoms with Crippen molar-refractivity contribution in [2.24, 2.45) is 17.4 Å². The number of carbonyl (C=O) groups excluding carboxylic acids is 9. The number of fused-ring (bicyclic) bond motifs is 15. The standard InChI is InChI=1S/C84H90ClN11O24/c1-7-39-8-10-40(11-9-39)12-13-41-14-20-46(21-15-41)90-61(102)35-89-78(110)66-50-31-47(98)32-55(100)63(50)49-27-43(18-24-54(49)99)64-79(111)96-68(82(114)94-66)70(104)44-19-25-56(51(85)28-44)117-58-30-45-29-57(73(58)120-83-74(72(106)71(105)59(36-97)118-83)119-62-34-84(5,87)75(107)38(4)115-62)116-48-22-16-42(17-23-48)69(103)67(95-76(108)52(88-6)26-37(2)3)81(113)91-53(33-60(86)101)77(109)92-65(45)80(112)93-64/h1,8-25,27-32,37-38,52-53,59,62,64-72,74-75,83,88,97-100,103-107H,26,33-36,87H2,2-6H3,(H2,86,101)(H,89,110)(H,90,102)(H,91,113)(H,92,109)(H,93,112)(H,94,114)(H,95,108)(H,96,111)/b13-12+/t38-,52+,53-,59+,62?,64+,65?,66?,67+,68-,69+,70+,71+,72-,74+,75+,83-,84-/m0/s1. The summed E-state index contributed by atoms with van der Waals surface area (Å²) in [5, 5.41) is 128. The van der Waals surface area contributed by atoms with Crippen LogP contribution < -0.4 is 73.5 Å². The molecule has 7 aliphatic heterocycles. The predicted molar refractivity (Wildman–Crippen MR) is 428 cm³/mol. The molecule has 7 aromatic carbocycles. The number of nitrogens with one attached hydrogen (secondary N) is 9. The molecule has 0 radical (unpaired) electrons. The van der Waals surface area contributed by atoms with E-state index >= 15 is 24.0 Å². The van der Waals surface area contributed by atoms with Gasteiger partial charge in [-0.05, 0) is 151 Å². The monoisotopic (exact) mass is 1670 g/mol. The minimum absolute atomic E-state index is 0.0559. The summed E-state index contributed by atoms with van der Waals surface area (Å²) in [6, 6.07) is 15.2. The molecule has 7 aromatic rings. The zero-order valence-electron chi connectivity index (χ0n) is 65.0. The third-order valence-corrected chi connectivity index (χ3v) is 21.2. The van der Waals surface area contributed by atoms with E-state index in [2.05, 4.69) is 53.8 Å². The Labute approximate surface area is 691 Å². The molecular formula is C84H90ClN11O24. The fraction of sp³-hybridized carbons (Fsp3) is 0.345. The number of aliphatic hydroxyl groups excluding tert-OH is 6. The van der Waals surface area contributed by atoms with Gasteiger partial charge in [-0.25, -0.2) is 0 Å². The van der Waals surface area contributed by atoms with Crippen molar-refractivity contribution in [2.75, 3.05) is 25.5 Å². The molecule has 120 heavy (non-hydrogen) atoms. The highest BCUT2D eigenvalue weighted by Crippen LogP contribution is 2.49. The van der Waals surface area contributed by atoms with Crippen LogP contribution in [0.1, 0.15) is 122 Å². The number of aromatic hydroxyl groups is 3. The molecule has 9 amide bonds. The quantitative estimate of drug-likeness (QED) is 0.0433. The second kappa shape index (κ2) is 36.9. The average molecular weight is 1670 g/mol. The Bertz CT molecular complexity index is 5150. The van der Waals surface area contributed by atoms with E-state index in [1.165, 1.54) is 51.2 Å². The van der Waals surface area contributed by atoms with E-state index < -0.39 is 244 Å². The van der Waals surface area contributed by atoms with Crippen LogP contribution in [-0.2, 0) is 57.4 Å². The molecule has 18 atom stereocenters. The summed E-state index contributed by atoms with van der Waals surface area (Å²) in [6.07, 6.45) is -9.32. The normalized spacial score (nSPS) is 26.5. The number of ether oxygens (including phenoxy) is 6. The summed E-state index contributed by atoms with van der Waals surface area (Å²) in [6.45, 7) is 4.89. The van der Waals surface area contributed by atoms with Gasteiger partial charge in [-0.2, -0.15) is 0 Å². The first-order chi connectivity index (χ1) is 57.1. The van der Waals surface area contributed by atoms with E-state index in [0.717, 1.165) is 65.7 Å². The van der Waals surface area contributed by atoms with Gasteiger partial charge in [-0.3, -0.25) is 43.2 Å². The summed E-state index contributed by atoms with van der Waals surface area (Å²) < 4.78 is 38.7. The lowest BCUT2D eigenvalue weighted by molar-refractivity contribution is -0.333. The summed E-state index contributed by atoms with van der Waals surface area (Å²) in [5.74, 6) is -13.2. The van der Waals surface area contributed by atoms with Crippen LogP contribution in [0.2, 0.25) is 5.02 Å². The van der Waals surface area contributed by atoms with E-state index in [1.807, 2.05) is 38.1 Å². The van der Waals surface area contributed by atoms with Crippen molar-refractivity contribution in [1.29, 1.82) is 0 Å². The highest BCUT2D eigenvalue weighted by Gasteiger charge is 2.52. The number of hydrogen-bond acceptors (Lipinski definition) is 26. The van der Waals surface area contributed by atoms with Gasteiger partial charge >= 0.3 is 0 Å². The Kier molecular flexibility index (Phi) is 26.8. The Balaban J connectivity index is 1.01. The second-order valence-corrected chi connectivity index (χ2v) is 30.7. The number of carbonyl (C=O) groups is 9. The number of terminal acetylenes is 1. The van der Waals surface area contributed by atoms with Gasteiger partial charge in [0, 0.05) is 40.4 Å². The van der Waals surface area contributed by atoms with Gasteiger partial charge in [0.2, 0.25) is 65.2 Å². The van der Waals surface area contributed by atoms with Crippen LogP contribution in [0.3, 0.4) is 0 Å². The van der Waals surface area contributed by atoms with Crippen LogP contribution >= 0.6 is 11.6 Å². The second-order valence-electron chi connectivity index (χ2n) is 30.2. The van der Waals surface area contributed by atoms with Crippen LogP contribution in [0.15, 0.2) is 133 Å². The maximum absolute atomic E-state index is 16.3. The average Bonchev–Trinajstić information content (AvgIpc) is 0.747. The summed E-state index contributed by atoms with van der Waals surface area (Å²) in [4.78, 5) is 134. The molecule has 632 valence electrons. The molecule has 14 rings (SSSR count). The molecular weight excluding hydrogens is 1580 g/mol. The van der Waals surface area contributed by atoms with Crippen molar-refractivity contribution in [3.8, 4) is 69.5 Å². The van der Waals surface area contributed by atoms with E-state index in [9.17, 15) is 65.1 Å². The lowest BCUT2D eigenvalue weighted by atomic mass is 9.86. The number of likely N-dealkylation sites (N-methyl/N-ethyl adjacent to an activating group) is 1. The molecule has 0 aliphatic carbocycles. The molecule has 7 aliphatic rings. The molecule has 22 N–H and O–H groups in total. The number of anilines is 1. The first-order valence-electron chi connectivity index (χ1n) is 38.0. The minimum atomic E-state index is -2.34. The number of amides is 9. The highest BCUT2D eigenvalue weighted by atomic mass is 35.5. The molecule has 2 saturated heterocycles. The third kappa shape index (κ3) is 19.7. The molecule has 36 heteroatoms. The molecule has 3 unspecified atom stereocenters. The van der Waals surface area contributed by atoms with E-state index in [-0.39, 0.29) is 52.6 Å². The topological polar surface area (TPSA) is 551 Å². The van der Waals surface area contributed by atoms with Crippen LogP contribution in [0.4, 0.5) is 5.69 Å². The van der Waals surface area contributed by atoms with Gasteiger partial charge in [0.1, 0.15) is 95.5 Å². The fourth-order valence-electron chi connectivity index (χ4n) is 14.5. The predicted octanol–water partition coefficient (Wildman–Crippen LogP) is 2.27. The van der Waals surface area contributed by atoms with E-state index in [0.29, 0.717) is 5.56 Å². The van der Waals surface area contributed by atoms with Crippen LogP contribution in [0, 0.1) is 18.3 Å². The smallest absolute Gasteiger partial charge is 0.248 e. The lowest BCUT2D eigenvalue weighted by Crippen LogP contribution is -2.64. The van der Waals surface area contributed by atoms with Crippen molar-refractivity contribution in [3.63, 3.8) is 0 Å². The van der Waals surface area contributed by atoms with Crippen molar-refractivity contribution < 1.29 is 118 Å². The lowest BCUT2D eigenvalue weighted by Gasteiger charge is -2.47.